The topological polar surface area (TPSA) is 83.6 Å². The van der Waals surface area contributed by atoms with Crippen LogP contribution in [0.25, 0.3) is 0 Å². The van der Waals surface area contributed by atoms with E-state index in [1.54, 1.807) is 6.92 Å². The van der Waals surface area contributed by atoms with E-state index in [1.165, 1.54) is 0 Å². The van der Waals surface area contributed by atoms with Crippen molar-refractivity contribution in [2.24, 2.45) is 0 Å². The largest absolute Gasteiger partial charge is 0.393 e. The molecule has 66 valence electrons. The molecule has 0 fully saturated rings. The smallest absolute Gasteiger partial charge is 0.206 e. The Morgan fingerprint density at radius 2 is 2.18 bits per heavy atom. The van der Waals surface area contributed by atoms with Crippen molar-refractivity contribution in [2.45, 2.75) is 25.4 Å². The van der Waals surface area contributed by atoms with E-state index in [2.05, 4.69) is 0 Å². The third-order valence-electron chi connectivity index (χ3n) is 1.71. The Balaban J connectivity index is 3.78. The van der Waals surface area contributed by atoms with Gasteiger partial charge < -0.3 is 10.2 Å². The van der Waals surface area contributed by atoms with Crippen molar-refractivity contribution in [1.29, 1.82) is 0 Å². The minimum absolute atomic E-state index is 0.00694. The Kier molecular flexibility index (Phi) is 3.99. The van der Waals surface area contributed by atoms with Crippen molar-refractivity contribution < 1.29 is 15.1 Å². The first-order chi connectivity index (χ1) is 5.04. The molecule has 1 unspecified atom stereocenters. The average Bonchev–Trinajstić information content (AvgIpc) is 2.00. The fraction of sp³-hybridized carbons (Fsp3) is 1.00. The molecule has 5 heteroatoms. The highest BCUT2D eigenvalue weighted by Gasteiger charge is 2.25. The third kappa shape index (κ3) is 3.90. The van der Waals surface area contributed by atoms with Crippen molar-refractivity contribution in [3.63, 3.8) is 0 Å². The molecule has 1 atom stereocenters. The van der Waals surface area contributed by atoms with Gasteiger partial charge in [0.1, 0.15) is 0 Å². The molecule has 0 aliphatic rings. The van der Waals surface area contributed by atoms with Gasteiger partial charge in [-0.1, -0.05) is 6.92 Å². The Bertz CT molecular complexity index is 133. The highest BCUT2D eigenvalue weighted by atomic mass is 16.6. The fourth-order valence-corrected chi connectivity index (χ4v) is 0.667. The number of aliphatic hydroxyl groups is 2. The highest BCUT2D eigenvalue weighted by molar-refractivity contribution is 4.74. The summed E-state index contributed by atoms with van der Waals surface area (Å²) in [7, 11) is 0. The van der Waals surface area contributed by atoms with Crippen molar-refractivity contribution in [3.05, 3.63) is 10.1 Å². The highest BCUT2D eigenvalue weighted by Crippen LogP contribution is 2.13. The van der Waals surface area contributed by atoms with E-state index < -0.39 is 17.1 Å². The molecule has 0 aliphatic carbocycles. The molecular formula is C6H13NO4. The Morgan fingerprint density at radius 1 is 1.64 bits per heavy atom. The second-order valence-electron chi connectivity index (χ2n) is 2.54. The maximum Gasteiger partial charge on any atom is 0.206 e. The first-order valence-corrected chi connectivity index (χ1v) is 3.49. The Morgan fingerprint density at radius 3 is 2.45 bits per heavy atom. The molecule has 0 saturated carbocycles. The van der Waals surface area contributed by atoms with Crippen LogP contribution < -0.4 is 0 Å². The number of nitro groups is 1. The van der Waals surface area contributed by atoms with Crippen LogP contribution in [0, 0.1) is 10.1 Å². The first-order valence-electron chi connectivity index (χ1n) is 3.49. The van der Waals surface area contributed by atoms with Crippen LogP contribution in [0.2, 0.25) is 0 Å². The van der Waals surface area contributed by atoms with Crippen LogP contribution in [-0.2, 0) is 0 Å². The van der Waals surface area contributed by atoms with Gasteiger partial charge in [0.05, 0.1) is 12.2 Å². The molecule has 0 aromatic heterocycles. The van der Waals surface area contributed by atoms with E-state index in [0.29, 0.717) is 6.42 Å². The van der Waals surface area contributed by atoms with Crippen LogP contribution in [0.15, 0.2) is 0 Å². The van der Waals surface area contributed by atoms with E-state index >= 15 is 0 Å². The second kappa shape index (κ2) is 4.25. The monoisotopic (exact) mass is 163 g/mol. The van der Waals surface area contributed by atoms with Gasteiger partial charge in [-0.15, -0.1) is 0 Å². The lowest BCUT2D eigenvalue weighted by molar-refractivity contribution is -0.483. The van der Waals surface area contributed by atoms with Gasteiger partial charge in [-0.25, -0.2) is 0 Å². The maximum atomic E-state index is 9.89. The summed E-state index contributed by atoms with van der Waals surface area (Å²) in [5.74, 6) is 0. The number of nitrogens with zero attached hydrogens (tertiary/aromatic N) is 1. The molecule has 0 bridgehead atoms. The van der Waals surface area contributed by atoms with Gasteiger partial charge in [0.2, 0.25) is 6.54 Å². The fourth-order valence-electron chi connectivity index (χ4n) is 0.667. The van der Waals surface area contributed by atoms with Gasteiger partial charge >= 0.3 is 0 Å². The molecule has 0 aliphatic heterocycles. The lowest BCUT2D eigenvalue weighted by Gasteiger charge is -2.21. The number of rotatable bonds is 5. The van der Waals surface area contributed by atoms with E-state index in [-0.39, 0.29) is 13.0 Å². The zero-order chi connectivity index (χ0) is 8.91. The molecule has 0 spiro atoms. The van der Waals surface area contributed by atoms with Gasteiger partial charge in [-0.3, -0.25) is 10.1 Å². The third-order valence-corrected chi connectivity index (χ3v) is 1.71. The minimum atomic E-state index is -1.27. The maximum absolute atomic E-state index is 9.89. The van der Waals surface area contributed by atoms with E-state index in [4.69, 9.17) is 5.11 Å². The summed E-state index contributed by atoms with van der Waals surface area (Å²) in [6.45, 7) is 0.957. The Hall–Kier alpha value is -0.680. The zero-order valence-corrected chi connectivity index (χ0v) is 6.49. The summed E-state index contributed by atoms with van der Waals surface area (Å²) in [4.78, 5) is 9.39. The summed E-state index contributed by atoms with van der Waals surface area (Å²) in [5.41, 5.74) is -1.27. The van der Waals surface area contributed by atoms with E-state index in [9.17, 15) is 15.2 Å². The van der Waals surface area contributed by atoms with Crippen LogP contribution in [-0.4, -0.2) is 33.9 Å². The lowest BCUT2D eigenvalue weighted by Crippen LogP contribution is -2.34. The predicted octanol–water partition coefficient (Wildman–Crippen LogP) is -0.213. The summed E-state index contributed by atoms with van der Waals surface area (Å²) in [6.07, 6.45) is 0.338. The quantitative estimate of drug-likeness (QED) is 0.433. The van der Waals surface area contributed by atoms with Crippen LogP contribution in [0.1, 0.15) is 19.8 Å². The van der Waals surface area contributed by atoms with Gasteiger partial charge in [0.15, 0.2) is 0 Å². The first kappa shape index (κ1) is 10.3. The standard InChI is InChI=1S/C6H13NO4/c1-2-6(9,5-8)3-4-7(10)11/h8-9H,2-5H2,1H3. The normalized spacial score (nSPS) is 15.9. The van der Waals surface area contributed by atoms with Gasteiger partial charge in [0.25, 0.3) is 0 Å². The predicted molar refractivity (Wildman–Crippen MR) is 38.8 cm³/mol. The molecule has 0 amide bonds. The minimum Gasteiger partial charge on any atom is -0.393 e. The van der Waals surface area contributed by atoms with E-state index in [0.717, 1.165) is 0 Å². The van der Waals surface area contributed by atoms with Crippen LogP contribution in [0.5, 0.6) is 0 Å². The van der Waals surface area contributed by atoms with Crippen molar-refractivity contribution in [1.82, 2.24) is 0 Å². The molecule has 11 heavy (non-hydrogen) atoms. The summed E-state index contributed by atoms with van der Waals surface area (Å²) < 4.78 is 0. The summed E-state index contributed by atoms with van der Waals surface area (Å²) >= 11 is 0. The second-order valence-corrected chi connectivity index (χ2v) is 2.54. The molecule has 0 rings (SSSR count). The SMILES string of the molecule is CCC(O)(CO)CC[N+](=O)[O-]. The number of hydrogen-bond donors (Lipinski definition) is 2. The molecule has 0 heterocycles. The van der Waals surface area contributed by atoms with Crippen LogP contribution >= 0.6 is 0 Å². The van der Waals surface area contributed by atoms with Gasteiger partial charge in [0, 0.05) is 11.3 Å². The van der Waals surface area contributed by atoms with Crippen molar-refractivity contribution in [2.75, 3.05) is 13.2 Å². The molecular weight excluding hydrogens is 150 g/mol. The zero-order valence-electron chi connectivity index (χ0n) is 6.49. The van der Waals surface area contributed by atoms with E-state index in [1.807, 2.05) is 0 Å². The molecule has 0 radical (unpaired) electrons. The van der Waals surface area contributed by atoms with Crippen molar-refractivity contribution >= 4 is 0 Å². The number of aliphatic hydroxyl groups excluding tert-OH is 1. The molecule has 5 nitrogen and oxygen atoms in total. The van der Waals surface area contributed by atoms with Gasteiger partial charge in [-0.05, 0) is 6.42 Å². The van der Waals surface area contributed by atoms with Gasteiger partial charge in [-0.2, -0.15) is 0 Å². The molecule has 2 N–H and O–H groups in total. The molecule has 0 aromatic rings. The molecule has 0 aromatic carbocycles. The molecule has 0 saturated heterocycles. The van der Waals surface area contributed by atoms with Crippen LogP contribution in [0.4, 0.5) is 0 Å². The van der Waals surface area contributed by atoms with Crippen LogP contribution in [0.3, 0.4) is 0 Å². The summed E-state index contributed by atoms with van der Waals surface area (Å²) in [6, 6.07) is 0. The summed E-state index contributed by atoms with van der Waals surface area (Å²) in [5, 5.41) is 27.8. The number of hydrogen-bond acceptors (Lipinski definition) is 4. The lowest BCUT2D eigenvalue weighted by atomic mass is 9.98. The average molecular weight is 163 g/mol. The van der Waals surface area contributed by atoms with Crippen molar-refractivity contribution in [3.8, 4) is 0 Å². The Labute approximate surface area is 64.8 Å².